The molecule has 0 bridgehead atoms. The van der Waals surface area contributed by atoms with Gasteiger partial charge >= 0.3 is 11.9 Å². The second-order valence-corrected chi connectivity index (χ2v) is 12.2. The monoisotopic (exact) mass is 627 g/mol. The van der Waals surface area contributed by atoms with E-state index in [-0.39, 0.29) is 24.3 Å². The third kappa shape index (κ3) is 7.91. The number of hydrogen-bond acceptors (Lipinski definition) is 8. The number of nitrogens with zero attached hydrogens (tertiary/aromatic N) is 2. The highest BCUT2D eigenvalue weighted by molar-refractivity contribution is 7.85. The molecule has 0 radical (unpaired) electrons. The molecule has 3 aromatic rings. The van der Waals surface area contributed by atoms with Crippen LogP contribution >= 0.6 is 0 Å². The predicted octanol–water partition coefficient (Wildman–Crippen LogP) is 3.69. The number of carbonyl (C=O) groups excluding carboxylic acids is 4. The molecule has 0 saturated carbocycles. The Labute approximate surface area is 264 Å². The quantitative estimate of drug-likeness (QED) is 0.182. The molecule has 0 aliphatic carbocycles. The summed E-state index contributed by atoms with van der Waals surface area (Å²) in [4.78, 5) is 53.4. The molecule has 0 spiro atoms. The lowest BCUT2D eigenvalue weighted by Crippen LogP contribution is -2.72. The molecule has 1 aliphatic heterocycles. The van der Waals surface area contributed by atoms with Crippen molar-refractivity contribution in [3.05, 3.63) is 118 Å². The Morgan fingerprint density at radius 3 is 2.16 bits per heavy atom. The third-order valence-corrected chi connectivity index (χ3v) is 8.75. The van der Waals surface area contributed by atoms with Crippen LogP contribution in [0.2, 0.25) is 0 Å². The SMILES string of the molecule is COC(=O)CCS(=O)C1C(NC(=O)Cc2cccc(C#N)c2)C(=O)N1C(C(=O)OC(c1ccccc1)c1ccccc1)=C(C)C. The van der Waals surface area contributed by atoms with E-state index < -0.39 is 52.1 Å². The summed E-state index contributed by atoms with van der Waals surface area (Å²) in [6, 6.07) is 25.6. The van der Waals surface area contributed by atoms with Gasteiger partial charge in [-0.2, -0.15) is 5.26 Å². The Morgan fingerprint density at radius 1 is 0.978 bits per heavy atom. The maximum absolute atomic E-state index is 13.9. The molecule has 4 rings (SSSR count). The fraction of sp³-hybridized carbons (Fsp3) is 0.265. The zero-order valence-electron chi connectivity index (χ0n) is 25.1. The largest absolute Gasteiger partial charge is 0.469 e. The number of benzene rings is 3. The standard InChI is InChI=1S/C34H33N3O7S/c1-22(2)30(34(41)44-31(25-13-6-4-7-14-25)26-15-8-5-9-16-26)37-32(40)29(33(37)45(42)18-17-28(39)43-3)36-27(38)20-23-11-10-12-24(19-23)21-35/h4-16,19,29,31,33H,17-18,20H2,1-3H3,(H,36,38). The zero-order valence-corrected chi connectivity index (χ0v) is 25.9. The van der Waals surface area contributed by atoms with Crippen LogP contribution in [0.5, 0.6) is 0 Å². The van der Waals surface area contributed by atoms with Crippen LogP contribution in [0, 0.1) is 11.3 Å². The van der Waals surface area contributed by atoms with E-state index in [1.807, 2.05) is 66.7 Å². The molecular weight excluding hydrogens is 594 g/mol. The molecule has 1 aliphatic rings. The van der Waals surface area contributed by atoms with Crippen LogP contribution in [0.4, 0.5) is 0 Å². The molecule has 45 heavy (non-hydrogen) atoms. The average molecular weight is 628 g/mol. The number of allylic oxidation sites excluding steroid dienone is 1. The molecule has 1 saturated heterocycles. The number of nitriles is 1. The first-order valence-corrected chi connectivity index (χ1v) is 15.6. The number of carbonyl (C=O) groups is 4. The number of likely N-dealkylation sites (tertiary alicyclic amines) is 1. The summed E-state index contributed by atoms with van der Waals surface area (Å²) in [6.07, 6.45) is -1.12. The van der Waals surface area contributed by atoms with E-state index in [2.05, 4.69) is 10.1 Å². The van der Waals surface area contributed by atoms with Crippen molar-refractivity contribution in [1.29, 1.82) is 5.26 Å². The van der Waals surface area contributed by atoms with Gasteiger partial charge in [-0.15, -0.1) is 0 Å². The van der Waals surface area contributed by atoms with Crippen molar-refractivity contribution in [3.63, 3.8) is 0 Å². The van der Waals surface area contributed by atoms with Gasteiger partial charge < -0.3 is 14.8 Å². The fourth-order valence-electron chi connectivity index (χ4n) is 4.96. The van der Waals surface area contributed by atoms with Crippen molar-refractivity contribution in [2.45, 2.75) is 44.2 Å². The number of ether oxygens (including phenoxy) is 2. The maximum Gasteiger partial charge on any atom is 0.355 e. The Bertz CT molecular complexity index is 1620. The summed E-state index contributed by atoms with van der Waals surface area (Å²) < 4.78 is 24.3. The minimum Gasteiger partial charge on any atom is -0.469 e. The van der Waals surface area contributed by atoms with Crippen molar-refractivity contribution < 1.29 is 32.9 Å². The molecule has 2 amide bonds. The Balaban J connectivity index is 1.61. The first kappa shape index (κ1) is 32.8. The van der Waals surface area contributed by atoms with Gasteiger partial charge in [0.05, 0.1) is 31.6 Å². The second kappa shape index (κ2) is 15.1. The lowest BCUT2D eigenvalue weighted by molar-refractivity contribution is -0.154. The third-order valence-electron chi connectivity index (χ3n) is 7.12. The summed E-state index contributed by atoms with van der Waals surface area (Å²) in [7, 11) is -0.672. The van der Waals surface area contributed by atoms with E-state index in [0.717, 1.165) is 4.90 Å². The summed E-state index contributed by atoms with van der Waals surface area (Å²) in [5.41, 5.74) is 2.69. The van der Waals surface area contributed by atoms with E-state index in [4.69, 9.17) is 4.74 Å². The van der Waals surface area contributed by atoms with Crippen molar-refractivity contribution in [2.24, 2.45) is 0 Å². The van der Waals surface area contributed by atoms with Crippen LogP contribution in [0.25, 0.3) is 0 Å². The van der Waals surface area contributed by atoms with Crippen molar-refractivity contribution >= 4 is 34.6 Å². The van der Waals surface area contributed by atoms with Gasteiger partial charge in [0.15, 0.2) is 6.10 Å². The molecular formula is C34H33N3O7S. The minimum absolute atomic E-state index is 0.0968. The Kier molecular flexibility index (Phi) is 11.0. The van der Waals surface area contributed by atoms with Gasteiger partial charge in [0.2, 0.25) is 5.91 Å². The van der Waals surface area contributed by atoms with Gasteiger partial charge in [-0.1, -0.05) is 72.8 Å². The van der Waals surface area contributed by atoms with E-state index in [1.54, 1.807) is 38.1 Å². The molecule has 1 N–H and O–H groups in total. The van der Waals surface area contributed by atoms with Crippen LogP contribution in [0.1, 0.15) is 48.6 Å². The van der Waals surface area contributed by atoms with Gasteiger partial charge in [0.25, 0.3) is 5.91 Å². The molecule has 3 aromatic carbocycles. The normalized spacial score (nSPS) is 16.2. The van der Waals surface area contributed by atoms with Gasteiger partial charge in [0, 0.05) is 16.6 Å². The van der Waals surface area contributed by atoms with Crippen molar-refractivity contribution in [1.82, 2.24) is 10.2 Å². The molecule has 3 atom stereocenters. The summed E-state index contributed by atoms with van der Waals surface area (Å²) >= 11 is 0. The minimum atomic E-state index is -1.88. The van der Waals surface area contributed by atoms with Crippen LogP contribution in [-0.4, -0.2) is 57.1 Å². The van der Waals surface area contributed by atoms with E-state index in [9.17, 15) is 28.6 Å². The van der Waals surface area contributed by atoms with Gasteiger partial charge in [-0.05, 0) is 48.2 Å². The lowest BCUT2D eigenvalue weighted by atomic mass is 10.0. The summed E-state index contributed by atoms with van der Waals surface area (Å²) in [5, 5.41) is 10.7. The predicted molar refractivity (Wildman–Crippen MR) is 166 cm³/mol. The van der Waals surface area contributed by atoms with Crippen LogP contribution < -0.4 is 5.32 Å². The highest BCUT2D eigenvalue weighted by Gasteiger charge is 2.54. The number of esters is 2. The maximum atomic E-state index is 13.9. The molecule has 0 aromatic heterocycles. The molecule has 1 heterocycles. The van der Waals surface area contributed by atoms with Gasteiger partial charge in [-0.3, -0.25) is 23.5 Å². The van der Waals surface area contributed by atoms with Gasteiger partial charge in [0.1, 0.15) is 17.1 Å². The molecule has 232 valence electrons. The molecule has 1 fully saturated rings. The molecule has 11 heteroatoms. The highest BCUT2D eigenvalue weighted by atomic mass is 32.2. The van der Waals surface area contributed by atoms with Crippen LogP contribution in [0.15, 0.2) is 96.2 Å². The van der Waals surface area contributed by atoms with Crippen LogP contribution in [-0.2, 0) is 45.9 Å². The number of rotatable bonds is 12. The molecule has 3 unspecified atom stereocenters. The van der Waals surface area contributed by atoms with Gasteiger partial charge in [-0.25, -0.2) is 4.79 Å². The second-order valence-electron chi connectivity index (χ2n) is 10.5. The van der Waals surface area contributed by atoms with Crippen molar-refractivity contribution in [2.75, 3.05) is 12.9 Å². The van der Waals surface area contributed by atoms with E-state index >= 15 is 0 Å². The smallest absolute Gasteiger partial charge is 0.355 e. The topological polar surface area (TPSA) is 143 Å². The number of nitrogens with one attached hydrogen (secondary N) is 1. The number of hydrogen-bond donors (Lipinski definition) is 1. The van der Waals surface area contributed by atoms with Crippen molar-refractivity contribution in [3.8, 4) is 6.07 Å². The first-order chi connectivity index (χ1) is 21.6. The summed E-state index contributed by atoms with van der Waals surface area (Å²) in [6.45, 7) is 3.26. The fourth-order valence-corrected chi connectivity index (χ4v) is 6.50. The number of amides is 2. The van der Waals surface area contributed by atoms with E-state index in [1.165, 1.54) is 7.11 Å². The lowest BCUT2D eigenvalue weighted by Gasteiger charge is -2.47. The average Bonchev–Trinajstić information content (AvgIpc) is 3.05. The molecule has 10 nitrogen and oxygen atoms in total. The first-order valence-electron chi connectivity index (χ1n) is 14.2. The highest BCUT2D eigenvalue weighted by Crippen LogP contribution is 2.34. The number of methoxy groups -OCH3 is 1. The number of β-lactam (4-membered cyclic amide) rings is 1. The van der Waals surface area contributed by atoms with Crippen LogP contribution in [0.3, 0.4) is 0 Å². The zero-order chi connectivity index (χ0) is 32.5. The Morgan fingerprint density at radius 2 is 1.60 bits per heavy atom. The Hall–Kier alpha value is -5.08. The summed E-state index contributed by atoms with van der Waals surface area (Å²) in [5.74, 6) is -2.75. The van der Waals surface area contributed by atoms with E-state index in [0.29, 0.717) is 27.8 Å².